The normalized spacial score (nSPS) is 10.5. The summed E-state index contributed by atoms with van der Waals surface area (Å²) in [6, 6.07) is 12.7. The molecule has 0 aliphatic carbocycles. The molecule has 4 nitrogen and oxygen atoms in total. The molecule has 0 spiro atoms. The summed E-state index contributed by atoms with van der Waals surface area (Å²) >= 11 is 0. The van der Waals surface area contributed by atoms with Crippen LogP contribution in [0.4, 0.5) is 11.4 Å². The van der Waals surface area contributed by atoms with E-state index in [0.717, 1.165) is 0 Å². The molecule has 0 atom stereocenters. The standard InChI is InChI=1S/C17H20N2O2/c1-11(2)12-4-6-13(7-5-12)17(20)19-15-9-8-14(18)10-16(15)21-3/h4-11H,18H2,1-3H3,(H,19,20). The third-order valence-corrected chi connectivity index (χ3v) is 3.31. The van der Waals surface area contributed by atoms with E-state index in [1.807, 2.05) is 24.3 Å². The number of nitrogen functional groups attached to an aromatic ring is 1. The monoisotopic (exact) mass is 284 g/mol. The van der Waals surface area contributed by atoms with Gasteiger partial charge >= 0.3 is 0 Å². The number of carbonyl (C=O) groups is 1. The summed E-state index contributed by atoms with van der Waals surface area (Å²) < 4.78 is 5.22. The van der Waals surface area contributed by atoms with Gasteiger partial charge in [0.05, 0.1) is 12.8 Å². The molecule has 0 heterocycles. The maximum absolute atomic E-state index is 12.3. The van der Waals surface area contributed by atoms with Gasteiger partial charge in [0.25, 0.3) is 5.91 Å². The van der Waals surface area contributed by atoms with E-state index in [-0.39, 0.29) is 5.91 Å². The van der Waals surface area contributed by atoms with Crippen molar-refractivity contribution < 1.29 is 9.53 Å². The average molecular weight is 284 g/mol. The molecule has 2 aromatic carbocycles. The van der Waals surface area contributed by atoms with Crippen molar-refractivity contribution in [3.63, 3.8) is 0 Å². The van der Waals surface area contributed by atoms with E-state index in [0.29, 0.717) is 28.6 Å². The summed E-state index contributed by atoms with van der Waals surface area (Å²) in [5, 5.41) is 2.83. The number of hydrogen-bond acceptors (Lipinski definition) is 3. The topological polar surface area (TPSA) is 64.3 Å². The molecule has 0 aliphatic heterocycles. The summed E-state index contributed by atoms with van der Waals surface area (Å²) in [5.41, 5.74) is 8.70. The minimum absolute atomic E-state index is 0.173. The van der Waals surface area contributed by atoms with Crippen molar-refractivity contribution in [2.24, 2.45) is 0 Å². The average Bonchev–Trinajstić information content (AvgIpc) is 2.49. The predicted molar refractivity (Wildman–Crippen MR) is 85.9 cm³/mol. The van der Waals surface area contributed by atoms with Gasteiger partial charge in [-0.2, -0.15) is 0 Å². The highest BCUT2D eigenvalue weighted by atomic mass is 16.5. The number of nitrogens with two attached hydrogens (primary N) is 1. The number of benzene rings is 2. The zero-order chi connectivity index (χ0) is 15.4. The van der Waals surface area contributed by atoms with E-state index in [9.17, 15) is 4.79 Å². The summed E-state index contributed by atoms with van der Waals surface area (Å²) in [7, 11) is 1.54. The van der Waals surface area contributed by atoms with Gasteiger partial charge < -0.3 is 15.8 Å². The number of hydrogen-bond donors (Lipinski definition) is 2. The Bertz CT molecular complexity index is 634. The van der Waals surface area contributed by atoms with Gasteiger partial charge in [0.1, 0.15) is 5.75 Å². The Morgan fingerprint density at radius 3 is 2.38 bits per heavy atom. The number of nitrogens with one attached hydrogen (secondary N) is 1. The van der Waals surface area contributed by atoms with Crippen LogP contribution in [0.5, 0.6) is 5.75 Å². The molecule has 0 bridgehead atoms. The third-order valence-electron chi connectivity index (χ3n) is 3.31. The number of methoxy groups -OCH3 is 1. The number of ether oxygens (including phenoxy) is 1. The van der Waals surface area contributed by atoms with Crippen molar-refractivity contribution in [2.45, 2.75) is 19.8 Å². The van der Waals surface area contributed by atoms with E-state index in [1.165, 1.54) is 5.56 Å². The zero-order valence-corrected chi connectivity index (χ0v) is 12.5. The molecule has 2 rings (SSSR count). The Labute approximate surface area is 124 Å². The Kier molecular flexibility index (Phi) is 4.48. The molecule has 0 fully saturated rings. The molecule has 0 saturated heterocycles. The van der Waals surface area contributed by atoms with Crippen LogP contribution in [0.3, 0.4) is 0 Å². The zero-order valence-electron chi connectivity index (χ0n) is 12.5. The SMILES string of the molecule is COc1cc(N)ccc1NC(=O)c1ccc(C(C)C)cc1. The highest BCUT2D eigenvalue weighted by molar-refractivity contribution is 6.05. The summed E-state index contributed by atoms with van der Waals surface area (Å²) in [6.45, 7) is 4.24. The molecule has 110 valence electrons. The van der Waals surface area contributed by atoms with Crippen LogP contribution < -0.4 is 15.8 Å². The number of anilines is 2. The highest BCUT2D eigenvalue weighted by Crippen LogP contribution is 2.27. The maximum atomic E-state index is 12.3. The molecule has 3 N–H and O–H groups in total. The van der Waals surface area contributed by atoms with Gasteiger partial charge in [0.15, 0.2) is 0 Å². The van der Waals surface area contributed by atoms with Crippen molar-refractivity contribution in [2.75, 3.05) is 18.2 Å². The first-order valence-corrected chi connectivity index (χ1v) is 6.86. The summed E-state index contributed by atoms with van der Waals surface area (Å²) in [5.74, 6) is 0.815. The largest absolute Gasteiger partial charge is 0.494 e. The smallest absolute Gasteiger partial charge is 0.255 e. The highest BCUT2D eigenvalue weighted by Gasteiger charge is 2.10. The molecule has 4 heteroatoms. The van der Waals surface area contributed by atoms with Crippen molar-refractivity contribution in [1.29, 1.82) is 0 Å². The second kappa shape index (κ2) is 6.31. The second-order valence-electron chi connectivity index (χ2n) is 5.19. The van der Waals surface area contributed by atoms with Gasteiger partial charge in [-0.15, -0.1) is 0 Å². The molecule has 0 radical (unpaired) electrons. The molecule has 0 unspecified atom stereocenters. The quantitative estimate of drug-likeness (QED) is 0.842. The first-order chi connectivity index (χ1) is 10.0. The molecular weight excluding hydrogens is 264 g/mol. The Morgan fingerprint density at radius 2 is 1.81 bits per heavy atom. The molecular formula is C17H20N2O2. The lowest BCUT2D eigenvalue weighted by molar-refractivity contribution is 0.102. The van der Waals surface area contributed by atoms with Crippen LogP contribution in [-0.4, -0.2) is 13.0 Å². The van der Waals surface area contributed by atoms with Crippen LogP contribution >= 0.6 is 0 Å². The van der Waals surface area contributed by atoms with Crippen molar-refractivity contribution >= 4 is 17.3 Å². The second-order valence-corrected chi connectivity index (χ2v) is 5.19. The van der Waals surface area contributed by atoms with E-state index < -0.39 is 0 Å². The van der Waals surface area contributed by atoms with Crippen molar-refractivity contribution in [3.8, 4) is 5.75 Å². The number of rotatable bonds is 4. The third kappa shape index (κ3) is 3.54. The van der Waals surface area contributed by atoms with Crippen LogP contribution in [0.1, 0.15) is 35.7 Å². The molecule has 2 aromatic rings. The fourth-order valence-electron chi connectivity index (χ4n) is 2.02. The van der Waals surface area contributed by atoms with Crippen LogP contribution in [-0.2, 0) is 0 Å². The van der Waals surface area contributed by atoms with Gasteiger partial charge in [-0.05, 0) is 35.7 Å². The molecule has 0 saturated carbocycles. The number of amides is 1. The molecule has 1 amide bonds. The van der Waals surface area contributed by atoms with E-state index in [2.05, 4.69) is 19.2 Å². The van der Waals surface area contributed by atoms with Crippen LogP contribution in [0, 0.1) is 0 Å². The Hall–Kier alpha value is -2.49. The number of carbonyl (C=O) groups excluding carboxylic acids is 1. The fraction of sp³-hybridized carbons (Fsp3) is 0.235. The minimum Gasteiger partial charge on any atom is -0.494 e. The van der Waals surface area contributed by atoms with Gasteiger partial charge in [-0.1, -0.05) is 26.0 Å². The van der Waals surface area contributed by atoms with Gasteiger partial charge in [-0.25, -0.2) is 0 Å². The van der Waals surface area contributed by atoms with Crippen molar-refractivity contribution in [1.82, 2.24) is 0 Å². The van der Waals surface area contributed by atoms with E-state index >= 15 is 0 Å². The fourth-order valence-corrected chi connectivity index (χ4v) is 2.02. The predicted octanol–water partition coefficient (Wildman–Crippen LogP) is 3.65. The van der Waals surface area contributed by atoms with Gasteiger partial charge in [-0.3, -0.25) is 4.79 Å². The maximum Gasteiger partial charge on any atom is 0.255 e. The Morgan fingerprint density at radius 1 is 1.14 bits per heavy atom. The first kappa shape index (κ1) is 14.9. The lowest BCUT2D eigenvalue weighted by Gasteiger charge is -2.11. The van der Waals surface area contributed by atoms with Crippen molar-refractivity contribution in [3.05, 3.63) is 53.6 Å². The Balaban J connectivity index is 2.18. The summed E-state index contributed by atoms with van der Waals surface area (Å²) in [4.78, 5) is 12.3. The van der Waals surface area contributed by atoms with Crippen LogP contribution in [0.15, 0.2) is 42.5 Å². The first-order valence-electron chi connectivity index (χ1n) is 6.86. The van der Waals surface area contributed by atoms with Gasteiger partial charge in [0.2, 0.25) is 0 Å². The van der Waals surface area contributed by atoms with Crippen LogP contribution in [0.2, 0.25) is 0 Å². The van der Waals surface area contributed by atoms with E-state index in [4.69, 9.17) is 10.5 Å². The molecule has 0 aromatic heterocycles. The lowest BCUT2D eigenvalue weighted by Crippen LogP contribution is -2.12. The lowest BCUT2D eigenvalue weighted by atomic mass is 10.0. The summed E-state index contributed by atoms with van der Waals surface area (Å²) in [6.07, 6.45) is 0. The van der Waals surface area contributed by atoms with Gasteiger partial charge in [0, 0.05) is 17.3 Å². The molecule has 21 heavy (non-hydrogen) atoms. The molecule has 0 aliphatic rings. The van der Waals surface area contributed by atoms with E-state index in [1.54, 1.807) is 25.3 Å². The minimum atomic E-state index is -0.173. The van der Waals surface area contributed by atoms with Crippen LogP contribution in [0.25, 0.3) is 0 Å².